The van der Waals surface area contributed by atoms with Gasteiger partial charge in [-0.05, 0) is 59.7 Å². The van der Waals surface area contributed by atoms with Crippen molar-refractivity contribution in [2.24, 2.45) is 0 Å². The fourth-order valence-electron chi connectivity index (χ4n) is 3.68. The Morgan fingerprint density at radius 2 is 1.90 bits per heavy atom. The quantitative estimate of drug-likeness (QED) is 0.565. The number of carbonyl (C=O) groups is 1. The molecule has 9 nitrogen and oxygen atoms in total. The molecular formula is C21H20N8O. The van der Waals surface area contributed by atoms with Crippen LogP contribution in [0, 0.1) is 0 Å². The predicted molar refractivity (Wildman–Crippen MR) is 110 cm³/mol. The summed E-state index contributed by atoms with van der Waals surface area (Å²) >= 11 is 0. The molecule has 0 unspecified atom stereocenters. The van der Waals surface area contributed by atoms with Gasteiger partial charge in [0, 0.05) is 29.8 Å². The fourth-order valence-corrected chi connectivity index (χ4v) is 3.68. The summed E-state index contributed by atoms with van der Waals surface area (Å²) in [6.45, 7) is 0.932. The Morgan fingerprint density at radius 1 is 1.00 bits per heavy atom. The van der Waals surface area contributed by atoms with Gasteiger partial charge >= 0.3 is 0 Å². The molecule has 2 aromatic carbocycles. The van der Waals surface area contributed by atoms with Gasteiger partial charge in [0.1, 0.15) is 12.2 Å². The van der Waals surface area contributed by atoms with E-state index in [1.165, 1.54) is 17.4 Å². The van der Waals surface area contributed by atoms with Gasteiger partial charge in [0.2, 0.25) is 0 Å². The monoisotopic (exact) mass is 400 g/mol. The molecule has 9 heteroatoms. The third-order valence-electron chi connectivity index (χ3n) is 5.23. The molecule has 2 aromatic heterocycles. The van der Waals surface area contributed by atoms with Crippen LogP contribution in [0.3, 0.4) is 0 Å². The number of rotatable bonds is 4. The molecule has 150 valence electrons. The van der Waals surface area contributed by atoms with E-state index in [4.69, 9.17) is 0 Å². The highest BCUT2D eigenvalue weighted by atomic mass is 16.1. The van der Waals surface area contributed by atoms with Crippen LogP contribution in [0.4, 0.5) is 5.69 Å². The summed E-state index contributed by atoms with van der Waals surface area (Å²) in [5.74, 6) is 1.71. The summed E-state index contributed by atoms with van der Waals surface area (Å²) in [5.41, 5.74) is 3.00. The number of aromatic nitrogens is 7. The second-order valence-electron chi connectivity index (χ2n) is 7.24. The number of carbonyl (C=O) groups excluding carboxylic acids is 1. The molecule has 0 radical (unpaired) electrons. The van der Waals surface area contributed by atoms with Crippen LogP contribution in [0.2, 0.25) is 0 Å². The second kappa shape index (κ2) is 7.86. The van der Waals surface area contributed by atoms with Crippen LogP contribution in [0.1, 0.15) is 35.4 Å². The number of aryl methyl sites for hydroxylation is 1. The molecule has 1 N–H and O–H groups in total. The Labute approximate surface area is 172 Å². The molecule has 30 heavy (non-hydrogen) atoms. The van der Waals surface area contributed by atoms with Crippen LogP contribution in [0.15, 0.2) is 54.9 Å². The Balaban J connectivity index is 1.35. The van der Waals surface area contributed by atoms with Gasteiger partial charge in [0.25, 0.3) is 5.91 Å². The van der Waals surface area contributed by atoms with Crippen LogP contribution in [0.5, 0.6) is 0 Å². The van der Waals surface area contributed by atoms with Crippen LogP contribution in [-0.4, -0.2) is 40.9 Å². The van der Waals surface area contributed by atoms with Gasteiger partial charge in [-0.3, -0.25) is 4.79 Å². The highest BCUT2D eigenvalue weighted by Crippen LogP contribution is 2.25. The number of amides is 1. The van der Waals surface area contributed by atoms with E-state index in [1.54, 1.807) is 24.3 Å². The Morgan fingerprint density at radius 3 is 2.73 bits per heavy atom. The van der Waals surface area contributed by atoms with Gasteiger partial charge in [-0.1, -0.05) is 18.6 Å². The van der Waals surface area contributed by atoms with Gasteiger partial charge in [0.05, 0.1) is 5.69 Å². The maximum atomic E-state index is 12.7. The van der Waals surface area contributed by atoms with E-state index in [0.29, 0.717) is 11.3 Å². The summed E-state index contributed by atoms with van der Waals surface area (Å²) in [6, 6.07) is 14.8. The molecule has 0 saturated heterocycles. The lowest BCUT2D eigenvalue weighted by Crippen LogP contribution is -2.12. The van der Waals surface area contributed by atoms with E-state index in [0.717, 1.165) is 48.7 Å². The lowest BCUT2D eigenvalue weighted by molar-refractivity contribution is 0.102. The van der Waals surface area contributed by atoms with Crippen molar-refractivity contribution in [3.05, 3.63) is 66.2 Å². The highest BCUT2D eigenvalue weighted by Gasteiger charge is 2.16. The molecule has 1 amide bonds. The van der Waals surface area contributed by atoms with E-state index in [9.17, 15) is 4.79 Å². The first-order chi connectivity index (χ1) is 14.8. The average molecular weight is 400 g/mol. The molecule has 0 bridgehead atoms. The van der Waals surface area contributed by atoms with Crippen molar-refractivity contribution in [1.29, 1.82) is 0 Å². The molecular weight excluding hydrogens is 380 g/mol. The van der Waals surface area contributed by atoms with Gasteiger partial charge in [-0.25, -0.2) is 4.68 Å². The SMILES string of the molecule is O=C(Nc1cccc(-c2nnc3n2CCCCC3)c1)c1ccc(-n2cnnn2)cc1. The van der Waals surface area contributed by atoms with Gasteiger partial charge in [0.15, 0.2) is 5.82 Å². The number of fused-ring (bicyclic) bond motifs is 1. The van der Waals surface area contributed by atoms with Crippen LogP contribution in [-0.2, 0) is 13.0 Å². The number of hydrogen-bond donors (Lipinski definition) is 1. The molecule has 0 aliphatic carbocycles. The van der Waals surface area contributed by atoms with Crippen LogP contribution in [0.25, 0.3) is 17.1 Å². The van der Waals surface area contributed by atoms with Crippen molar-refractivity contribution in [2.45, 2.75) is 32.2 Å². The number of benzene rings is 2. The predicted octanol–water partition coefficient (Wildman–Crippen LogP) is 2.90. The molecule has 0 saturated carbocycles. The van der Waals surface area contributed by atoms with Gasteiger partial charge in [-0.2, -0.15) is 0 Å². The van der Waals surface area contributed by atoms with E-state index >= 15 is 0 Å². The largest absolute Gasteiger partial charge is 0.322 e. The van der Waals surface area contributed by atoms with Crippen molar-refractivity contribution in [3.8, 4) is 17.1 Å². The summed E-state index contributed by atoms with van der Waals surface area (Å²) in [7, 11) is 0. The topological polar surface area (TPSA) is 103 Å². The molecule has 3 heterocycles. The van der Waals surface area contributed by atoms with Crippen molar-refractivity contribution >= 4 is 11.6 Å². The first kappa shape index (κ1) is 18.2. The lowest BCUT2D eigenvalue weighted by atomic mass is 10.1. The minimum Gasteiger partial charge on any atom is -0.322 e. The minimum atomic E-state index is -0.185. The molecule has 5 rings (SSSR count). The minimum absolute atomic E-state index is 0.185. The van der Waals surface area contributed by atoms with Crippen molar-refractivity contribution in [2.75, 3.05) is 5.32 Å². The van der Waals surface area contributed by atoms with E-state index in [2.05, 4.69) is 35.6 Å². The zero-order valence-electron chi connectivity index (χ0n) is 16.3. The van der Waals surface area contributed by atoms with Crippen LogP contribution < -0.4 is 5.32 Å². The molecule has 0 atom stereocenters. The highest BCUT2D eigenvalue weighted by molar-refractivity contribution is 6.04. The smallest absolute Gasteiger partial charge is 0.255 e. The zero-order valence-corrected chi connectivity index (χ0v) is 16.3. The van der Waals surface area contributed by atoms with Gasteiger partial charge in [-0.15, -0.1) is 15.3 Å². The molecule has 0 spiro atoms. The first-order valence-electron chi connectivity index (χ1n) is 9.95. The van der Waals surface area contributed by atoms with E-state index in [1.807, 2.05) is 24.3 Å². The first-order valence-corrected chi connectivity index (χ1v) is 9.95. The number of anilines is 1. The summed E-state index contributed by atoms with van der Waals surface area (Å²) in [6.07, 6.45) is 5.97. The third-order valence-corrected chi connectivity index (χ3v) is 5.23. The maximum absolute atomic E-state index is 12.7. The fraction of sp³-hybridized carbons (Fsp3) is 0.238. The standard InChI is InChI=1S/C21H20N8O/c30-21(15-8-10-18(11-9-15)29-14-22-26-27-29)23-17-6-4-5-16(13-17)20-25-24-19-7-2-1-3-12-28(19)20/h4-6,8-11,13-14H,1-3,7,12H2,(H,23,30). The Hall–Kier alpha value is -3.88. The Kier molecular flexibility index (Phi) is 4.76. The van der Waals surface area contributed by atoms with Gasteiger partial charge < -0.3 is 9.88 Å². The zero-order chi connectivity index (χ0) is 20.3. The van der Waals surface area contributed by atoms with Crippen molar-refractivity contribution in [3.63, 3.8) is 0 Å². The van der Waals surface area contributed by atoms with E-state index < -0.39 is 0 Å². The summed E-state index contributed by atoms with van der Waals surface area (Å²) in [5, 5.41) is 22.8. The molecule has 1 aliphatic heterocycles. The molecule has 1 aliphatic rings. The maximum Gasteiger partial charge on any atom is 0.255 e. The Bertz CT molecular complexity index is 1160. The summed E-state index contributed by atoms with van der Waals surface area (Å²) < 4.78 is 3.73. The molecule has 0 fully saturated rings. The summed E-state index contributed by atoms with van der Waals surface area (Å²) in [4.78, 5) is 12.7. The molecule has 4 aromatic rings. The second-order valence-corrected chi connectivity index (χ2v) is 7.24. The van der Waals surface area contributed by atoms with Crippen molar-refractivity contribution in [1.82, 2.24) is 35.0 Å². The normalized spacial score (nSPS) is 13.5. The third kappa shape index (κ3) is 3.57. The number of hydrogen-bond acceptors (Lipinski definition) is 6. The van der Waals surface area contributed by atoms with Crippen LogP contribution >= 0.6 is 0 Å². The average Bonchev–Trinajstić information content (AvgIpc) is 3.40. The number of nitrogens with zero attached hydrogens (tertiary/aromatic N) is 7. The number of nitrogens with one attached hydrogen (secondary N) is 1. The van der Waals surface area contributed by atoms with E-state index in [-0.39, 0.29) is 5.91 Å². The lowest BCUT2D eigenvalue weighted by Gasteiger charge is -2.10. The van der Waals surface area contributed by atoms with Crippen molar-refractivity contribution < 1.29 is 4.79 Å². The number of tetrazole rings is 1.